The molecule has 0 heterocycles. The molecule has 2 heteroatoms. The Morgan fingerprint density at radius 3 is 1.38 bits per heavy atom. The maximum Gasteiger partial charge on any atom is 0.145 e. The van der Waals surface area contributed by atoms with E-state index in [-0.39, 0.29) is 0 Å². The number of hydrogen-bond acceptors (Lipinski definition) is 1. The predicted octanol–water partition coefficient (Wildman–Crippen LogP) is 1.11. The fraction of sp³-hybridized carbons (Fsp3) is 1.00. The standard InChI is InChI=1S/C4H10.C2H8OSi/c1-3-4-2;1-2-3-4/h3-4H2,1-2H3;2H2,1,4H3. The van der Waals surface area contributed by atoms with Crippen molar-refractivity contribution in [1.29, 1.82) is 0 Å². The van der Waals surface area contributed by atoms with Crippen LogP contribution in [-0.4, -0.2) is 17.1 Å². The van der Waals surface area contributed by atoms with Gasteiger partial charge in [-0.15, -0.1) is 0 Å². The molecule has 0 aliphatic carbocycles. The lowest BCUT2D eigenvalue weighted by atomic mass is 10.4. The summed E-state index contributed by atoms with van der Waals surface area (Å²) < 4.78 is 4.68. The first-order chi connectivity index (χ1) is 3.83. The Labute approximate surface area is 56.0 Å². The maximum atomic E-state index is 4.68. The molecule has 0 unspecified atom stereocenters. The third kappa shape index (κ3) is 34.9. The molecule has 0 saturated carbocycles. The molecule has 52 valence electrons. The van der Waals surface area contributed by atoms with Crippen LogP contribution >= 0.6 is 0 Å². The second-order valence-corrected chi connectivity index (χ2v) is 2.15. The minimum atomic E-state index is 0.881. The van der Waals surface area contributed by atoms with Crippen molar-refractivity contribution in [2.75, 3.05) is 6.61 Å². The van der Waals surface area contributed by atoms with E-state index in [1.54, 1.807) is 0 Å². The molecule has 8 heavy (non-hydrogen) atoms. The fourth-order valence-electron chi connectivity index (χ4n) is 0. The first-order valence-electron chi connectivity index (χ1n) is 3.32. The topological polar surface area (TPSA) is 9.23 Å². The van der Waals surface area contributed by atoms with Crippen LogP contribution in [-0.2, 0) is 4.43 Å². The summed E-state index contributed by atoms with van der Waals surface area (Å²) in [5, 5.41) is 0. The van der Waals surface area contributed by atoms with Gasteiger partial charge in [-0.1, -0.05) is 26.7 Å². The average Bonchev–Trinajstić information content (AvgIpc) is 1.88. The summed E-state index contributed by atoms with van der Waals surface area (Å²) in [6, 6.07) is 0. The van der Waals surface area contributed by atoms with Crippen molar-refractivity contribution in [3.05, 3.63) is 0 Å². The van der Waals surface area contributed by atoms with Crippen LogP contribution < -0.4 is 0 Å². The third-order valence-electron chi connectivity index (χ3n) is 0.789. The van der Waals surface area contributed by atoms with Crippen molar-refractivity contribution in [3.8, 4) is 0 Å². The van der Waals surface area contributed by atoms with Gasteiger partial charge in [-0.05, 0) is 6.92 Å². The number of hydrogen-bond donors (Lipinski definition) is 0. The Bertz CT molecular complexity index is 16.5. The normalized spacial score (nSPS) is 7.88. The second-order valence-electron chi connectivity index (χ2n) is 1.58. The van der Waals surface area contributed by atoms with Crippen LogP contribution in [0.25, 0.3) is 0 Å². The van der Waals surface area contributed by atoms with Crippen molar-refractivity contribution in [2.45, 2.75) is 33.6 Å². The fourth-order valence-corrected chi connectivity index (χ4v) is 0. The Hall–Kier alpha value is 0.177. The summed E-state index contributed by atoms with van der Waals surface area (Å²) in [6.45, 7) is 7.24. The lowest BCUT2D eigenvalue weighted by molar-refractivity contribution is 0.375. The molecule has 0 N–H and O–H groups in total. The summed E-state index contributed by atoms with van der Waals surface area (Å²) >= 11 is 0. The van der Waals surface area contributed by atoms with Gasteiger partial charge in [-0.25, -0.2) is 0 Å². The Morgan fingerprint density at radius 2 is 1.38 bits per heavy atom. The molecule has 0 fully saturated rings. The number of rotatable bonds is 2. The van der Waals surface area contributed by atoms with E-state index in [0.29, 0.717) is 0 Å². The molecule has 0 saturated heterocycles. The zero-order valence-corrected chi connectivity index (χ0v) is 8.53. The number of unbranched alkanes of at least 4 members (excludes halogenated alkanes) is 1. The second kappa shape index (κ2) is 15.7. The first-order valence-corrected chi connectivity index (χ1v) is 4.13. The molecule has 0 aromatic carbocycles. The minimum Gasteiger partial charge on any atom is -0.428 e. The Balaban J connectivity index is 0. The van der Waals surface area contributed by atoms with E-state index in [4.69, 9.17) is 0 Å². The van der Waals surface area contributed by atoms with Crippen molar-refractivity contribution in [2.24, 2.45) is 0 Å². The average molecular weight is 134 g/mol. The highest BCUT2D eigenvalue weighted by Gasteiger charge is 1.56. The Kier molecular flexibility index (Phi) is 21.7. The van der Waals surface area contributed by atoms with Gasteiger partial charge in [0.25, 0.3) is 0 Å². The highest BCUT2D eigenvalue weighted by Crippen LogP contribution is 1.76. The zero-order valence-electron chi connectivity index (χ0n) is 6.53. The molecular formula is C6H18OSi. The van der Waals surface area contributed by atoms with Crippen molar-refractivity contribution < 1.29 is 4.43 Å². The van der Waals surface area contributed by atoms with Gasteiger partial charge in [0.2, 0.25) is 0 Å². The van der Waals surface area contributed by atoms with Gasteiger partial charge in [-0.2, -0.15) is 0 Å². The molecule has 0 aliphatic heterocycles. The summed E-state index contributed by atoms with van der Waals surface area (Å²) in [5.41, 5.74) is 0. The van der Waals surface area contributed by atoms with E-state index in [0.717, 1.165) is 17.1 Å². The molecule has 0 amide bonds. The van der Waals surface area contributed by atoms with Crippen molar-refractivity contribution in [3.63, 3.8) is 0 Å². The van der Waals surface area contributed by atoms with Crippen LogP contribution in [0.4, 0.5) is 0 Å². The largest absolute Gasteiger partial charge is 0.428 e. The molecule has 0 aliphatic rings. The SMILES string of the molecule is CCCC.CCO[SiH3]. The minimum absolute atomic E-state index is 0.881. The molecule has 0 radical (unpaired) electrons. The van der Waals surface area contributed by atoms with Crippen molar-refractivity contribution in [1.82, 2.24) is 0 Å². The summed E-state index contributed by atoms with van der Waals surface area (Å²) in [4.78, 5) is 0. The Morgan fingerprint density at radius 1 is 1.12 bits per heavy atom. The van der Waals surface area contributed by atoms with Crippen molar-refractivity contribution >= 4 is 10.5 Å². The van der Waals surface area contributed by atoms with Gasteiger partial charge in [0.1, 0.15) is 10.5 Å². The van der Waals surface area contributed by atoms with Crippen LogP contribution in [0.3, 0.4) is 0 Å². The van der Waals surface area contributed by atoms with E-state index in [9.17, 15) is 0 Å². The van der Waals surface area contributed by atoms with Gasteiger partial charge < -0.3 is 4.43 Å². The molecule has 0 bridgehead atoms. The smallest absolute Gasteiger partial charge is 0.145 e. The zero-order chi connectivity index (χ0) is 6.83. The van der Waals surface area contributed by atoms with Gasteiger partial charge in [0.15, 0.2) is 0 Å². The molecule has 0 spiro atoms. The van der Waals surface area contributed by atoms with Gasteiger partial charge in [0, 0.05) is 6.61 Å². The van der Waals surface area contributed by atoms with Gasteiger partial charge in [-0.3, -0.25) is 0 Å². The highest BCUT2D eigenvalue weighted by atomic mass is 28.2. The molecule has 0 aromatic rings. The highest BCUT2D eigenvalue weighted by molar-refractivity contribution is 5.97. The molecule has 0 atom stereocenters. The third-order valence-corrected chi connectivity index (χ3v) is 1.37. The summed E-state index contributed by atoms with van der Waals surface area (Å²) in [6.07, 6.45) is 2.64. The summed E-state index contributed by atoms with van der Waals surface area (Å²) in [5.74, 6) is 0. The summed E-state index contributed by atoms with van der Waals surface area (Å²) in [7, 11) is 0.890. The van der Waals surface area contributed by atoms with Crippen LogP contribution in [0.15, 0.2) is 0 Å². The van der Waals surface area contributed by atoms with E-state index in [1.807, 2.05) is 6.92 Å². The lowest BCUT2D eigenvalue weighted by Gasteiger charge is -1.77. The van der Waals surface area contributed by atoms with E-state index >= 15 is 0 Å². The van der Waals surface area contributed by atoms with Gasteiger partial charge >= 0.3 is 0 Å². The van der Waals surface area contributed by atoms with E-state index < -0.39 is 0 Å². The molecule has 1 nitrogen and oxygen atoms in total. The van der Waals surface area contributed by atoms with E-state index in [2.05, 4.69) is 18.3 Å². The molecular weight excluding hydrogens is 116 g/mol. The lowest BCUT2D eigenvalue weighted by Crippen LogP contribution is -1.76. The van der Waals surface area contributed by atoms with Crippen LogP contribution in [0.2, 0.25) is 0 Å². The maximum absolute atomic E-state index is 4.68. The monoisotopic (exact) mass is 134 g/mol. The van der Waals surface area contributed by atoms with E-state index in [1.165, 1.54) is 12.8 Å². The van der Waals surface area contributed by atoms with Crippen LogP contribution in [0.1, 0.15) is 33.6 Å². The quantitative estimate of drug-likeness (QED) is 0.514. The predicted molar refractivity (Wildman–Crippen MR) is 42.1 cm³/mol. The van der Waals surface area contributed by atoms with Crippen LogP contribution in [0.5, 0.6) is 0 Å². The van der Waals surface area contributed by atoms with Gasteiger partial charge in [0.05, 0.1) is 0 Å². The first kappa shape index (κ1) is 11.0. The van der Waals surface area contributed by atoms with Crippen LogP contribution in [0, 0.1) is 0 Å². The molecule has 0 rings (SSSR count). The molecule has 0 aromatic heterocycles.